The van der Waals surface area contributed by atoms with Gasteiger partial charge in [0.15, 0.2) is 0 Å². The molecule has 0 atom stereocenters. The number of rotatable bonds is 4. The van der Waals surface area contributed by atoms with E-state index < -0.39 is 4.92 Å². The van der Waals surface area contributed by atoms with E-state index in [0.717, 1.165) is 18.4 Å². The Bertz CT molecular complexity index is 433. The van der Waals surface area contributed by atoms with Crippen molar-refractivity contribution in [3.05, 3.63) is 38.3 Å². The van der Waals surface area contributed by atoms with Crippen LogP contribution in [0.4, 0.5) is 5.69 Å². The van der Waals surface area contributed by atoms with E-state index in [-0.39, 0.29) is 11.8 Å². The molecular formula is C11H13BrN2O3. The van der Waals surface area contributed by atoms with Gasteiger partial charge in [-0.15, -0.1) is 0 Å². The van der Waals surface area contributed by atoms with E-state index in [2.05, 4.69) is 21.2 Å². The summed E-state index contributed by atoms with van der Waals surface area (Å²) in [7, 11) is 0. The first-order valence-electron chi connectivity index (χ1n) is 5.40. The van der Waals surface area contributed by atoms with Crippen molar-refractivity contribution in [2.75, 3.05) is 0 Å². The lowest BCUT2D eigenvalue weighted by Gasteiger charge is -2.32. The molecule has 0 aromatic heterocycles. The molecule has 0 heterocycles. The summed E-state index contributed by atoms with van der Waals surface area (Å²) in [6, 6.07) is 5.42. The predicted octanol–water partition coefficient (Wildman–Crippen LogP) is 1.97. The number of nitro groups is 1. The Morgan fingerprint density at radius 3 is 2.82 bits per heavy atom. The highest BCUT2D eigenvalue weighted by molar-refractivity contribution is 9.10. The summed E-state index contributed by atoms with van der Waals surface area (Å²) in [5.74, 6) is 0. The van der Waals surface area contributed by atoms with Gasteiger partial charge in [0.2, 0.25) is 0 Å². The quantitative estimate of drug-likeness (QED) is 0.658. The highest BCUT2D eigenvalue weighted by atomic mass is 79.9. The fraction of sp³-hybridized carbons (Fsp3) is 0.455. The second kappa shape index (κ2) is 5.12. The zero-order chi connectivity index (χ0) is 12.4. The maximum atomic E-state index is 10.7. The average Bonchev–Trinajstić information content (AvgIpc) is 2.24. The second-order valence-corrected chi connectivity index (χ2v) is 5.10. The predicted molar refractivity (Wildman–Crippen MR) is 66.7 cm³/mol. The van der Waals surface area contributed by atoms with Crippen molar-refractivity contribution in [1.82, 2.24) is 5.32 Å². The third-order valence-electron chi connectivity index (χ3n) is 2.92. The Kier molecular flexibility index (Phi) is 3.76. The molecule has 1 saturated carbocycles. The third kappa shape index (κ3) is 3.02. The van der Waals surface area contributed by atoms with Gasteiger partial charge in [0.1, 0.15) is 0 Å². The van der Waals surface area contributed by atoms with E-state index in [4.69, 9.17) is 5.11 Å². The molecule has 2 rings (SSSR count). The Balaban J connectivity index is 1.97. The molecule has 17 heavy (non-hydrogen) atoms. The molecular weight excluding hydrogens is 288 g/mol. The molecule has 5 nitrogen and oxygen atoms in total. The van der Waals surface area contributed by atoms with Crippen LogP contribution in [0, 0.1) is 10.1 Å². The van der Waals surface area contributed by atoms with Crippen molar-refractivity contribution >= 4 is 21.6 Å². The molecule has 1 aliphatic carbocycles. The van der Waals surface area contributed by atoms with E-state index >= 15 is 0 Å². The lowest BCUT2D eigenvalue weighted by molar-refractivity contribution is -0.385. The van der Waals surface area contributed by atoms with Crippen molar-refractivity contribution < 1.29 is 10.0 Å². The number of halogens is 1. The summed E-state index contributed by atoms with van der Waals surface area (Å²) in [4.78, 5) is 10.3. The summed E-state index contributed by atoms with van der Waals surface area (Å²) in [6.45, 7) is 0.589. The lowest BCUT2D eigenvalue weighted by Crippen LogP contribution is -2.43. The minimum atomic E-state index is -0.402. The minimum Gasteiger partial charge on any atom is -0.393 e. The first kappa shape index (κ1) is 12.5. The number of nitrogens with zero attached hydrogens (tertiary/aromatic N) is 1. The van der Waals surface area contributed by atoms with Crippen LogP contribution in [0.1, 0.15) is 18.4 Å². The number of nitro benzene ring substituents is 1. The van der Waals surface area contributed by atoms with E-state index in [9.17, 15) is 10.1 Å². The van der Waals surface area contributed by atoms with Gasteiger partial charge in [-0.05, 0) is 40.4 Å². The first-order valence-corrected chi connectivity index (χ1v) is 6.20. The largest absolute Gasteiger partial charge is 0.393 e. The monoisotopic (exact) mass is 300 g/mol. The molecule has 0 amide bonds. The van der Waals surface area contributed by atoms with Crippen LogP contribution in [0.15, 0.2) is 22.7 Å². The Morgan fingerprint density at radius 1 is 1.53 bits per heavy atom. The van der Waals surface area contributed by atoms with Crippen molar-refractivity contribution in [2.24, 2.45) is 0 Å². The zero-order valence-electron chi connectivity index (χ0n) is 9.10. The number of nitrogens with one attached hydrogen (secondary N) is 1. The Labute approximate surface area is 107 Å². The number of aliphatic hydroxyl groups is 1. The van der Waals surface area contributed by atoms with Gasteiger partial charge in [-0.2, -0.15) is 0 Å². The molecule has 0 saturated heterocycles. The number of hydrogen-bond acceptors (Lipinski definition) is 4. The van der Waals surface area contributed by atoms with Crippen LogP contribution >= 0.6 is 15.9 Å². The number of aliphatic hydroxyl groups excluding tert-OH is 1. The molecule has 1 fully saturated rings. The van der Waals surface area contributed by atoms with E-state index in [1.165, 1.54) is 0 Å². The van der Waals surface area contributed by atoms with Crippen molar-refractivity contribution in [1.29, 1.82) is 0 Å². The standard InChI is InChI=1S/C11H13BrN2O3/c12-10-2-1-7(3-11(10)14(16)17)6-13-8-4-9(15)5-8/h1-3,8-9,13,15H,4-6H2. The van der Waals surface area contributed by atoms with Gasteiger partial charge in [0.25, 0.3) is 5.69 Å². The molecule has 92 valence electrons. The van der Waals surface area contributed by atoms with Crippen molar-refractivity contribution in [2.45, 2.75) is 31.5 Å². The van der Waals surface area contributed by atoms with Gasteiger partial charge >= 0.3 is 0 Å². The van der Waals surface area contributed by atoms with Gasteiger partial charge < -0.3 is 10.4 Å². The molecule has 1 aromatic rings. The van der Waals surface area contributed by atoms with Gasteiger partial charge in [-0.25, -0.2) is 0 Å². The summed E-state index contributed by atoms with van der Waals surface area (Å²) in [5.41, 5.74) is 0.958. The molecule has 0 bridgehead atoms. The van der Waals surface area contributed by atoms with Gasteiger partial charge in [0.05, 0.1) is 15.5 Å². The van der Waals surface area contributed by atoms with Crippen LogP contribution in [-0.2, 0) is 6.54 Å². The van der Waals surface area contributed by atoms with Crippen LogP contribution < -0.4 is 5.32 Å². The molecule has 0 aliphatic heterocycles. The maximum absolute atomic E-state index is 10.7. The fourth-order valence-electron chi connectivity index (χ4n) is 1.82. The Morgan fingerprint density at radius 2 is 2.24 bits per heavy atom. The van der Waals surface area contributed by atoms with E-state index in [0.29, 0.717) is 17.1 Å². The molecule has 0 radical (unpaired) electrons. The van der Waals surface area contributed by atoms with E-state index in [1.807, 2.05) is 6.07 Å². The normalized spacial score (nSPS) is 23.2. The van der Waals surface area contributed by atoms with Crippen LogP contribution in [0.3, 0.4) is 0 Å². The van der Waals surface area contributed by atoms with Gasteiger partial charge in [0, 0.05) is 18.7 Å². The maximum Gasteiger partial charge on any atom is 0.283 e. The smallest absolute Gasteiger partial charge is 0.283 e. The van der Waals surface area contributed by atoms with Crippen molar-refractivity contribution in [3.63, 3.8) is 0 Å². The third-order valence-corrected chi connectivity index (χ3v) is 3.59. The SMILES string of the molecule is O=[N+]([O-])c1cc(CNC2CC(O)C2)ccc1Br. The number of benzene rings is 1. The lowest BCUT2D eigenvalue weighted by atomic mass is 9.89. The molecule has 2 N–H and O–H groups in total. The summed E-state index contributed by atoms with van der Waals surface area (Å²) in [6.07, 6.45) is 1.34. The molecule has 1 aromatic carbocycles. The number of hydrogen-bond donors (Lipinski definition) is 2. The second-order valence-electron chi connectivity index (χ2n) is 4.25. The van der Waals surface area contributed by atoms with Crippen LogP contribution in [0.5, 0.6) is 0 Å². The average molecular weight is 301 g/mol. The van der Waals surface area contributed by atoms with E-state index in [1.54, 1.807) is 12.1 Å². The minimum absolute atomic E-state index is 0.0814. The molecule has 1 aliphatic rings. The van der Waals surface area contributed by atoms with Gasteiger partial charge in [-0.1, -0.05) is 6.07 Å². The Hall–Kier alpha value is -0.980. The topological polar surface area (TPSA) is 75.4 Å². The summed E-state index contributed by atoms with van der Waals surface area (Å²) in [5, 5.41) is 23.1. The van der Waals surface area contributed by atoms with Crippen molar-refractivity contribution in [3.8, 4) is 0 Å². The van der Waals surface area contributed by atoms with Gasteiger partial charge in [-0.3, -0.25) is 10.1 Å². The van der Waals surface area contributed by atoms with Crippen LogP contribution in [0.25, 0.3) is 0 Å². The first-order chi connectivity index (χ1) is 8.06. The highest BCUT2D eigenvalue weighted by Gasteiger charge is 2.26. The summed E-state index contributed by atoms with van der Waals surface area (Å²) >= 11 is 3.15. The molecule has 0 unspecified atom stereocenters. The van der Waals surface area contributed by atoms with Crippen LogP contribution in [-0.4, -0.2) is 22.2 Å². The molecule has 0 spiro atoms. The summed E-state index contributed by atoms with van der Waals surface area (Å²) < 4.78 is 0.491. The highest BCUT2D eigenvalue weighted by Crippen LogP contribution is 2.26. The van der Waals surface area contributed by atoms with Crippen LogP contribution in [0.2, 0.25) is 0 Å². The zero-order valence-corrected chi connectivity index (χ0v) is 10.7. The molecule has 6 heteroatoms. The fourth-order valence-corrected chi connectivity index (χ4v) is 2.22.